The molecule has 0 unspecified atom stereocenters. The second kappa shape index (κ2) is 10.2. The van der Waals surface area contributed by atoms with Crippen molar-refractivity contribution in [2.24, 2.45) is 5.73 Å². The van der Waals surface area contributed by atoms with E-state index in [9.17, 15) is 10.2 Å². The number of hydrogen-bond acceptors (Lipinski definition) is 10. The van der Waals surface area contributed by atoms with Crippen LogP contribution < -0.4 is 20.5 Å². The number of nitrogens with zero attached hydrogens (tertiary/aromatic N) is 2. The fourth-order valence-corrected chi connectivity index (χ4v) is 3.39. The van der Waals surface area contributed by atoms with Crippen LogP contribution in [0.5, 0.6) is 11.5 Å². The van der Waals surface area contributed by atoms with Crippen molar-refractivity contribution in [2.75, 3.05) is 26.4 Å². The fourth-order valence-electron chi connectivity index (χ4n) is 3.39. The number of rotatable bonds is 11. The number of hydrogen-bond donors (Lipinski definition) is 4. The molecule has 4 rings (SSSR count). The van der Waals surface area contributed by atoms with Crippen molar-refractivity contribution >= 4 is 11.0 Å². The molecule has 0 aliphatic carbocycles. The highest BCUT2D eigenvalue weighted by Crippen LogP contribution is 2.33. The molecule has 0 spiro atoms. The zero-order valence-electron chi connectivity index (χ0n) is 19.1. The van der Waals surface area contributed by atoms with Crippen LogP contribution in [0.4, 0.5) is 0 Å². The smallest absolute Gasteiger partial charge is 0.258 e. The third kappa shape index (κ3) is 5.05. The molecule has 0 aliphatic rings. The normalized spacial score (nSPS) is 11.8. The molecule has 4 aromatic rings. The van der Waals surface area contributed by atoms with Gasteiger partial charge in [-0.2, -0.15) is 4.98 Å². The number of aromatic nitrogens is 2. The Kier molecular flexibility index (Phi) is 7.13. The molecule has 0 saturated carbocycles. The Labute approximate surface area is 196 Å². The number of ether oxygens (including phenoxy) is 2. The Hall–Kier alpha value is -3.44. The van der Waals surface area contributed by atoms with Gasteiger partial charge in [-0.3, -0.25) is 5.32 Å². The van der Waals surface area contributed by atoms with E-state index in [2.05, 4.69) is 15.5 Å². The number of fused-ring (bicyclic) bond motifs is 1. The molecule has 2 aromatic heterocycles. The zero-order valence-corrected chi connectivity index (χ0v) is 19.1. The molecule has 2 aromatic carbocycles. The van der Waals surface area contributed by atoms with Crippen molar-refractivity contribution in [1.82, 2.24) is 15.5 Å². The Balaban J connectivity index is 1.55. The number of nitrogens with one attached hydrogen (secondary N) is 1. The van der Waals surface area contributed by atoms with Gasteiger partial charge in [0.05, 0.1) is 33.0 Å². The van der Waals surface area contributed by atoms with Crippen LogP contribution in [0.3, 0.4) is 0 Å². The van der Waals surface area contributed by atoms with Crippen LogP contribution in [0, 0.1) is 0 Å². The van der Waals surface area contributed by atoms with E-state index in [0.717, 1.165) is 16.5 Å². The Morgan fingerprint density at radius 1 is 0.971 bits per heavy atom. The van der Waals surface area contributed by atoms with Crippen molar-refractivity contribution in [3.05, 3.63) is 48.2 Å². The summed E-state index contributed by atoms with van der Waals surface area (Å²) < 4.78 is 22.6. The lowest BCUT2D eigenvalue weighted by molar-refractivity contribution is 0.0926. The average molecular weight is 469 g/mol. The maximum atomic E-state index is 9.32. The maximum absolute atomic E-state index is 9.32. The van der Waals surface area contributed by atoms with E-state index < -0.39 is 18.9 Å². The van der Waals surface area contributed by atoms with E-state index in [0.29, 0.717) is 47.8 Å². The molecule has 0 amide bonds. The van der Waals surface area contributed by atoms with Gasteiger partial charge in [0, 0.05) is 16.5 Å². The summed E-state index contributed by atoms with van der Waals surface area (Å²) in [6, 6.07) is 12.9. The topological polar surface area (TPSA) is 149 Å². The molecule has 0 bridgehead atoms. The highest BCUT2D eigenvalue weighted by atomic mass is 16.5. The molecule has 0 fully saturated rings. The molecule has 180 valence electrons. The van der Waals surface area contributed by atoms with Crippen LogP contribution in [-0.4, -0.2) is 52.4 Å². The highest BCUT2D eigenvalue weighted by molar-refractivity contribution is 5.83. The van der Waals surface area contributed by atoms with E-state index in [4.69, 9.17) is 24.1 Å². The summed E-state index contributed by atoms with van der Waals surface area (Å²) in [5.74, 6) is 2.69. The number of aliphatic hydroxyl groups is 2. The van der Waals surface area contributed by atoms with E-state index in [1.807, 2.05) is 56.3 Å². The molecule has 0 aliphatic heterocycles. The molecule has 5 N–H and O–H groups in total. The molecule has 0 saturated heterocycles. The van der Waals surface area contributed by atoms with Crippen LogP contribution in [0.15, 0.2) is 51.4 Å². The van der Waals surface area contributed by atoms with Gasteiger partial charge in [-0.15, -0.1) is 0 Å². The van der Waals surface area contributed by atoms with E-state index in [1.54, 1.807) is 0 Å². The summed E-state index contributed by atoms with van der Waals surface area (Å²) in [6.07, 6.45) is 0. The number of nitrogens with two attached hydrogens (primary N) is 1. The molecule has 0 radical (unpaired) electrons. The maximum Gasteiger partial charge on any atom is 0.258 e. The average Bonchev–Trinajstić information content (AvgIpc) is 3.51. The molecule has 34 heavy (non-hydrogen) atoms. The predicted octanol–water partition coefficient (Wildman–Crippen LogP) is 2.68. The SMILES string of the molecule is CCOc1ccc(-c2nc(-c3ccc4oc(CNC(N)(CO)CO)cc4c3)no2)cc1OCC. The van der Waals surface area contributed by atoms with Crippen LogP contribution in [0.25, 0.3) is 33.8 Å². The number of furan rings is 1. The van der Waals surface area contributed by atoms with Gasteiger partial charge in [0.1, 0.15) is 17.0 Å². The quantitative estimate of drug-likeness (QED) is 0.242. The largest absolute Gasteiger partial charge is 0.490 e. The minimum Gasteiger partial charge on any atom is -0.490 e. The number of aliphatic hydroxyl groups excluding tert-OH is 2. The minimum absolute atomic E-state index is 0.244. The zero-order chi connectivity index (χ0) is 24.1. The standard InChI is InChI=1S/C24H28N4O6/c1-3-31-20-8-6-16(11-21(20)32-4-2)23-27-22(28-34-23)15-5-7-19-17(9-15)10-18(33-19)12-26-24(25,13-29)14-30/h5-11,26,29-30H,3-4,12-14,25H2,1-2H3. The van der Waals surface area contributed by atoms with Crippen molar-refractivity contribution in [3.8, 4) is 34.3 Å². The van der Waals surface area contributed by atoms with Gasteiger partial charge in [0.25, 0.3) is 5.89 Å². The lowest BCUT2D eigenvalue weighted by atomic mass is 10.1. The Morgan fingerprint density at radius 3 is 2.44 bits per heavy atom. The van der Waals surface area contributed by atoms with Crippen molar-refractivity contribution < 1.29 is 28.6 Å². The van der Waals surface area contributed by atoms with Gasteiger partial charge < -0.3 is 34.4 Å². The fraction of sp³-hybridized carbons (Fsp3) is 0.333. The second-order valence-electron chi connectivity index (χ2n) is 7.74. The Bertz CT molecular complexity index is 1250. The second-order valence-corrected chi connectivity index (χ2v) is 7.74. The van der Waals surface area contributed by atoms with Gasteiger partial charge in [-0.25, -0.2) is 0 Å². The van der Waals surface area contributed by atoms with Crippen LogP contribution in [0.2, 0.25) is 0 Å². The summed E-state index contributed by atoms with van der Waals surface area (Å²) in [5, 5.41) is 26.5. The molecule has 10 nitrogen and oxygen atoms in total. The monoisotopic (exact) mass is 468 g/mol. The van der Waals surface area contributed by atoms with Gasteiger partial charge in [0.2, 0.25) is 5.82 Å². The molecular formula is C24H28N4O6. The van der Waals surface area contributed by atoms with Crippen molar-refractivity contribution in [3.63, 3.8) is 0 Å². The van der Waals surface area contributed by atoms with Gasteiger partial charge in [-0.05, 0) is 56.3 Å². The lowest BCUT2D eigenvalue weighted by Gasteiger charge is -2.25. The van der Waals surface area contributed by atoms with Crippen LogP contribution in [0.1, 0.15) is 19.6 Å². The molecular weight excluding hydrogens is 440 g/mol. The summed E-state index contributed by atoms with van der Waals surface area (Å²) in [7, 11) is 0. The van der Waals surface area contributed by atoms with Gasteiger partial charge in [0.15, 0.2) is 11.5 Å². The molecule has 0 atom stereocenters. The lowest BCUT2D eigenvalue weighted by Crippen LogP contribution is -2.59. The van der Waals surface area contributed by atoms with Crippen LogP contribution >= 0.6 is 0 Å². The summed E-state index contributed by atoms with van der Waals surface area (Å²) in [4.78, 5) is 4.54. The predicted molar refractivity (Wildman–Crippen MR) is 125 cm³/mol. The number of benzene rings is 2. The molecule has 10 heteroatoms. The molecule has 2 heterocycles. The van der Waals surface area contributed by atoms with Gasteiger partial charge in [-0.1, -0.05) is 5.16 Å². The first-order valence-electron chi connectivity index (χ1n) is 11.0. The third-order valence-corrected chi connectivity index (χ3v) is 5.22. The summed E-state index contributed by atoms with van der Waals surface area (Å²) >= 11 is 0. The summed E-state index contributed by atoms with van der Waals surface area (Å²) in [5.41, 5.74) is 6.72. The Morgan fingerprint density at radius 2 is 1.71 bits per heavy atom. The first-order valence-corrected chi connectivity index (χ1v) is 11.0. The van der Waals surface area contributed by atoms with E-state index in [-0.39, 0.29) is 6.54 Å². The summed E-state index contributed by atoms with van der Waals surface area (Å²) in [6.45, 7) is 4.30. The first kappa shape index (κ1) is 23.7. The van der Waals surface area contributed by atoms with Crippen molar-refractivity contribution in [2.45, 2.75) is 26.1 Å². The highest BCUT2D eigenvalue weighted by Gasteiger charge is 2.22. The first-order chi connectivity index (χ1) is 16.5. The third-order valence-electron chi connectivity index (χ3n) is 5.22. The van der Waals surface area contributed by atoms with E-state index >= 15 is 0 Å². The van der Waals surface area contributed by atoms with Gasteiger partial charge >= 0.3 is 0 Å². The van der Waals surface area contributed by atoms with E-state index in [1.165, 1.54) is 0 Å². The van der Waals surface area contributed by atoms with Crippen LogP contribution in [-0.2, 0) is 6.54 Å². The van der Waals surface area contributed by atoms with Crippen molar-refractivity contribution in [1.29, 1.82) is 0 Å². The minimum atomic E-state index is -1.28.